The summed E-state index contributed by atoms with van der Waals surface area (Å²) in [7, 11) is 3.94. The van der Waals surface area contributed by atoms with Crippen LogP contribution in [0.25, 0.3) is 33.5 Å². The van der Waals surface area contributed by atoms with E-state index in [0.29, 0.717) is 23.4 Å². The zero-order valence-electron chi connectivity index (χ0n) is 17.5. The highest BCUT2D eigenvalue weighted by Gasteiger charge is 2.16. The van der Waals surface area contributed by atoms with Crippen LogP contribution in [0.3, 0.4) is 0 Å². The highest BCUT2D eigenvalue weighted by molar-refractivity contribution is 5.96. The zero-order chi connectivity index (χ0) is 21.8. The molecule has 0 fully saturated rings. The summed E-state index contributed by atoms with van der Waals surface area (Å²) < 4.78 is 4.93. The van der Waals surface area contributed by atoms with E-state index in [1.807, 2.05) is 31.1 Å². The van der Waals surface area contributed by atoms with Gasteiger partial charge >= 0.3 is 6.09 Å². The Morgan fingerprint density at radius 3 is 2.47 bits per heavy atom. The lowest BCUT2D eigenvalue weighted by Crippen LogP contribution is -2.14. The first-order valence-corrected chi connectivity index (χ1v) is 9.74. The molecule has 10 heteroatoms. The summed E-state index contributed by atoms with van der Waals surface area (Å²) >= 11 is 0. The molecule has 3 heterocycles. The maximum absolute atomic E-state index is 11.8. The number of aromatic nitrogens is 6. The molecule has 3 aromatic heterocycles. The van der Waals surface area contributed by atoms with E-state index in [1.165, 1.54) is 0 Å². The predicted molar refractivity (Wildman–Crippen MR) is 123 cm³/mol. The van der Waals surface area contributed by atoms with Crippen LogP contribution in [0.5, 0.6) is 0 Å². The average Bonchev–Trinajstić information content (AvgIpc) is 3.16. The standard InChI is InChI=1S/C21H22N8O2.CH4/c1-4-31-21(30)28-20-26-16-9-13(14-10-24-17(25-11-14)12-29(2)3)8-15(18(16)27-20)19-22-6-5-7-23-19;/h5-11H,4,12H2,1-3H3,(H2,26,27,28,30);1H4. The van der Waals surface area contributed by atoms with E-state index < -0.39 is 6.09 Å². The molecule has 0 spiro atoms. The summed E-state index contributed by atoms with van der Waals surface area (Å²) in [4.78, 5) is 39.1. The van der Waals surface area contributed by atoms with Gasteiger partial charge in [-0.3, -0.25) is 5.32 Å². The maximum Gasteiger partial charge on any atom is 0.413 e. The minimum Gasteiger partial charge on any atom is -0.450 e. The van der Waals surface area contributed by atoms with Crippen LogP contribution in [-0.2, 0) is 11.3 Å². The minimum absolute atomic E-state index is 0. The molecule has 0 bridgehead atoms. The van der Waals surface area contributed by atoms with Crippen LogP contribution < -0.4 is 5.32 Å². The Labute approximate surface area is 186 Å². The van der Waals surface area contributed by atoms with Crippen molar-refractivity contribution in [3.05, 3.63) is 48.8 Å². The Hall–Kier alpha value is -3.92. The fourth-order valence-corrected chi connectivity index (χ4v) is 3.08. The lowest BCUT2D eigenvalue weighted by molar-refractivity contribution is 0.167. The van der Waals surface area contributed by atoms with Gasteiger partial charge < -0.3 is 14.6 Å². The molecule has 0 saturated carbocycles. The number of benzene rings is 1. The second-order valence-electron chi connectivity index (χ2n) is 7.05. The van der Waals surface area contributed by atoms with Crippen LogP contribution in [0.1, 0.15) is 20.2 Å². The van der Waals surface area contributed by atoms with Gasteiger partial charge in [-0.25, -0.2) is 29.7 Å². The lowest BCUT2D eigenvalue weighted by Gasteiger charge is -2.09. The molecule has 0 aliphatic heterocycles. The highest BCUT2D eigenvalue weighted by atomic mass is 16.5. The van der Waals surface area contributed by atoms with Gasteiger partial charge in [-0.2, -0.15) is 0 Å². The average molecular weight is 435 g/mol. The number of aromatic amines is 1. The number of nitrogens with one attached hydrogen (secondary N) is 2. The van der Waals surface area contributed by atoms with Gasteiger partial charge in [0.15, 0.2) is 5.82 Å². The molecule has 0 atom stereocenters. The van der Waals surface area contributed by atoms with E-state index in [9.17, 15) is 4.79 Å². The smallest absolute Gasteiger partial charge is 0.413 e. The molecule has 0 saturated heterocycles. The number of imidazole rings is 1. The van der Waals surface area contributed by atoms with Gasteiger partial charge in [-0.15, -0.1) is 0 Å². The number of fused-ring (bicyclic) bond motifs is 1. The number of ether oxygens (including phenoxy) is 1. The number of H-pyrrole nitrogens is 1. The van der Waals surface area contributed by atoms with Crippen molar-refractivity contribution in [2.24, 2.45) is 0 Å². The molecule has 32 heavy (non-hydrogen) atoms. The topological polar surface area (TPSA) is 122 Å². The van der Waals surface area contributed by atoms with Crippen molar-refractivity contribution in [3.63, 3.8) is 0 Å². The first kappa shape index (κ1) is 22.8. The Morgan fingerprint density at radius 2 is 1.81 bits per heavy atom. The number of nitrogens with zero attached hydrogens (tertiary/aromatic N) is 6. The Balaban J connectivity index is 0.00000289. The van der Waals surface area contributed by atoms with Crippen LogP contribution in [0.15, 0.2) is 43.0 Å². The van der Waals surface area contributed by atoms with Gasteiger partial charge in [0.05, 0.1) is 18.7 Å². The van der Waals surface area contributed by atoms with Crippen LogP contribution in [-0.4, -0.2) is 61.6 Å². The van der Waals surface area contributed by atoms with Crippen LogP contribution >= 0.6 is 0 Å². The molecule has 0 aliphatic carbocycles. The molecule has 0 aliphatic rings. The van der Waals surface area contributed by atoms with Gasteiger partial charge in [0, 0.05) is 35.9 Å². The SMILES string of the molecule is C.CCOC(=O)Nc1nc2c(-c3ncccn3)cc(-c3cnc(CN(C)C)nc3)cc2[nH]1. The minimum atomic E-state index is -0.579. The molecule has 166 valence electrons. The summed E-state index contributed by atoms with van der Waals surface area (Å²) in [6.07, 6.45) is 6.34. The predicted octanol–water partition coefficient (Wildman–Crippen LogP) is 3.74. The Bertz CT molecular complexity index is 1190. The fourth-order valence-electron chi connectivity index (χ4n) is 3.08. The largest absolute Gasteiger partial charge is 0.450 e. The molecule has 4 aromatic rings. The number of hydrogen-bond donors (Lipinski definition) is 2. The number of rotatable bonds is 6. The molecule has 2 N–H and O–H groups in total. The van der Waals surface area contributed by atoms with Crippen molar-refractivity contribution < 1.29 is 9.53 Å². The second-order valence-corrected chi connectivity index (χ2v) is 7.05. The summed E-state index contributed by atoms with van der Waals surface area (Å²) in [5, 5.41) is 2.60. The lowest BCUT2D eigenvalue weighted by atomic mass is 10.0. The fraction of sp³-hybridized carbons (Fsp3) is 0.273. The molecule has 10 nitrogen and oxygen atoms in total. The van der Waals surface area contributed by atoms with Crippen LogP contribution in [0.2, 0.25) is 0 Å². The molecular weight excluding hydrogens is 408 g/mol. The maximum atomic E-state index is 11.8. The van der Waals surface area contributed by atoms with Gasteiger partial charge in [0.25, 0.3) is 0 Å². The molecule has 4 rings (SSSR count). The van der Waals surface area contributed by atoms with Gasteiger partial charge in [-0.05, 0) is 44.8 Å². The molecule has 0 unspecified atom stereocenters. The number of carbonyl (C=O) groups excluding carboxylic acids is 1. The summed E-state index contributed by atoms with van der Waals surface area (Å²) in [5.41, 5.74) is 3.78. The van der Waals surface area contributed by atoms with Gasteiger partial charge in [0.2, 0.25) is 5.95 Å². The van der Waals surface area contributed by atoms with Crippen molar-refractivity contribution in [2.45, 2.75) is 20.9 Å². The van der Waals surface area contributed by atoms with Crippen molar-refractivity contribution in [2.75, 3.05) is 26.0 Å². The van der Waals surface area contributed by atoms with Gasteiger partial charge in [-0.1, -0.05) is 7.43 Å². The molecule has 0 radical (unpaired) electrons. The van der Waals surface area contributed by atoms with Crippen molar-refractivity contribution in [1.29, 1.82) is 0 Å². The van der Waals surface area contributed by atoms with E-state index in [2.05, 4.69) is 35.2 Å². The monoisotopic (exact) mass is 434 g/mol. The van der Waals surface area contributed by atoms with E-state index >= 15 is 0 Å². The second kappa shape index (κ2) is 9.92. The quantitative estimate of drug-likeness (QED) is 0.471. The van der Waals surface area contributed by atoms with E-state index in [4.69, 9.17) is 4.74 Å². The van der Waals surface area contributed by atoms with Crippen molar-refractivity contribution in [1.82, 2.24) is 34.8 Å². The molecule has 1 amide bonds. The number of hydrogen-bond acceptors (Lipinski definition) is 8. The Morgan fingerprint density at radius 1 is 1.09 bits per heavy atom. The van der Waals surface area contributed by atoms with E-state index in [1.54, 1.807) is 37.8 Å². The van der Waals surface area contributed by atoms with Crippen molar-refractivity contribution >= 4 is 23.1 Å². The van der Waals surface area contributed by atoms with E-state index in [-0.39, 0.29) is 20.0 Å². The summed E-state index contributed by atoms with van der Waals surface area (Å²) in [6, 6.07) is 5.62. The summed E-state index contributed by atoms with van der Waals surface area (Å²) in [5.74, 6) is 1.54. The normalized spacial score (nSPS) is 10.8. The number of carbonyl (C=O) groups is 1. The molecular formula is C22H26N8O2. The van der Waals surface area contributed by atoms with Crippen LogP contribution in [0, 0.1) is 0 Å². The third kappa shape index (κ3) is 5.03. The molecule has 1 aromatic carbocycles. The van der Waals surface area contributed by atoms with Crippen LogP contribution in [0.4, 0.5) is 10.7 Å². The highest BCUT2D eigenvalue weighted by Crippen LogP contribution is 2.32. The van der Waals surface area contributed by atoms with Crippen molar-refractivity contribution in [3.8, 4) is 22.5 Å². The third-order valence-corrected chi connectivity index (χ3v) is 4.39. The third-order valence-electron chi connectivity index (χ3n) is 4.39. The number of amides is 1. The first-order valence-electron chi connectivity index (χ1n) is 9.74. The summed E-state index contributed by atoms with van der Waals surface area (Å²) in [6.45, 7) is 2.66. The first-order chi connectivity index (χ1) is 15.0. The van der Waals surface area contributed by atoms with Gasteiger partial charge in [0.1, 0.15) is 11.3 Å². The Kier molecular flexibility index (Phi) is 7.06. The zero-order valence-corrected chi connectivity index (χ0v) is 17.5. The number of anilines is 1. The van der Waals surface area contributed by atoms with E-state index in [0.717, 1.165) is 22.5 Å².